The zero-order chi connectivity index (χ0) is 16.1. The zero-order valence-electron chi connectivity index (χ0n) is 12.5. The average Bonchev–Trinajstić information content (AvgIpc) is 2.18. The van der Waals surface area contributed by atoms with E-state index in [9.17, 15) is 22.8 Å². The van der Waals surface area contributed by atoms with Gasteiger partial charge in [0.05, 0.1) is 6.42 Å². The lowest BCUT2D eigenvalue weighted by Gasteiger charge is -2.28. The Morgan fingerprint density at radius 1 is 1.10 bits per heavy atom. The van der Waals surface area contributed by atoms with E-state index in [1.807, 2.05) is 0 Å². The van der Waals surface area contributed by atoms with Gasteiger partial charge in [-0.05, 0) is 34.6 Å². The maximum atomic E-state index is 12.4. The topological polar surface area (TPSA) is 46.6 Å². The van der Waals surface area contributed by atoms with Crippen LogP contribution in [-0.2, 0) is 14.3 Å². The van der Waals surface area contributed by atoms with Crippen LogP contribution < -0.4 is 0 Å². The van der Waals surface area contributed by atoms with Crippen molar-refractivity contribution < 1.29 is 27.5 Å². The molecule has 20 heavy (non-hydrogen) atoms. The molecule has 0 bridgehead atoms. The summed E-state index contributed by atoms with van der Waals surface area (Å²) >= 11 is 0. The van der Waals surface area contributed by atoms with Crippen molar-refractivity contribution in [1.29, 1.82) is 0 Å². The van der Waals surface area contributed by atoms with Gasteiger partial charge >= 0.3 is 12.1 Å². The van der Waals surface area contributed by atoms with Crippen molar-refractivity contribution >= 4 is 11.9 Å². The predicted molar refractivity (Wildman–Crippen MR) is 68.0 cm³/mol. The fourth-order valence-corrected chi connectivity index (χ4v) is 1.50. The molecule has 0 aliphatic heterocycles. The Kier molecular flexibility index (Phi) is 6.50. The molecule has 0 spiro atoms. The smallest absolute Gasteiger partial charge is 0.406 e. The van der Waals surface area contributed by atoms with Crippen LogP contribution in [0.25, 0.3) is 0 Å². The van der Waals surface area contributed by atoms with Gasteiger partial charge in [-0.1, -0.05) is 0 Å². The highest BCUT2D eigenvalue weighted by molar-refractivity contribution is 5.81. The second-order valence-electron chi connectivity index (χ2n) is 5.82. The van der Waals surface area contributed by atoms with Crippen molar-refractivity contribution in [2.45, 2.75) is 65.3 Å². The van der Waals surface area contributed by atoms with Gasteiger partial charge in [-0.2, -0.15) is 13.2 Å². The van der Waals surface area contributed by atoms with E-state index in [0.717, 1.165) is 0 Å². The third kappa shape index (κ3) is 8.77. The van der Waals surface area contributed by atoms with Crippen LogP contribution in [0.1, 0.15) is 47.5 Å². The first-order valence-electron chi connectivity index (χ1n) is 6.40. The number of rotatable bonds is 5. The standard InChI is InChI=1S/C13H22F3NO3/c1-9(2)17(8-13(14,15)16)10(18)6-7-11(19)20-12(3,4)5/h9H,6-8H2,1-5H3. The molecule has 0 N–H and O–H groups in total. The number of alkyl halides is 3. The van der Waals surface area contributed by atoms with Crippen LogP contribution in [0.2, 0.25) is 0 Å². The zero-order valence-corrected chi connectivity index (χ0v) is 12.5. The summed E-state index contributed by atoms with van der Waals surface area (Å²) in [5, 5.41) is 0. The lowest BCUT2D eigenvalue weighted by Crippen LogP contribution is -2.43. The van der Waals surface area contributed by atoms with Gasteiger partial charge in [0.15, 0.2) is 0 Å². The molecule has 0 heterocycles. The highest BCUT2D eigenvalue weighted by Crippen LogP contribution is 2.19. The van der Waals surface area contributed by atoms with Gasteiger partial charge in [-0.15, -0.1) is 0 Å². The molecule has 118 valence electrons. The fourth-order valence-electron chi connectivity index (χ4n) is 1.50. The first-order valence-corrected chi connectivity index (χ1v) is 6.40. The van der Waals surface area contributed by atoms with Crippen LogP contribution in [0.15, 0.2) is 0 Å². The number of carbonyl (C=O) groups excluding carboxylic acids is 2. The number of hydrogen-bond donors (Lipinski definition) is 0. The van der Waals surface area contributed by atoms with Crippen LogP contribution >= 0.6 is 0 Å². The van der Waals surface area contributed by atoms with Gasteiger partial charge in [0.25, 0.3) is 0 Å². The summed E-state index contributed by atoms with van der Waals surface area (Å²) < 4.78 is 42.1. The second-order valence-corrected chi connectivity index (χ2v) is 5.82. The van der Waals surface area contributed by atoms with Crippen LogP contribution in [0.4, 0.5) is 13.2 Å². The molecule has 0 aromatic heterocycles. The Labute approximate surface area is 117 Å². The van der Waals surface area contributed by atoms with Crippen molar-refractivity contribution in [2.24, 2.45) is 0 Å². The quantitative estimate of drug-likeness (QED) is 0.733. The number of nitrogens with zero attached hydrogens (tertiary/aromatic N) is 1. The minimum atomic E-state index is -4.45. The Balaban J connectivity index is 4.45. The van der Waals surface area contributed by atoms with E-state index in [0.29, 0.717) is 4.90 Å². The molecule has 0 unspecified atom stereocenters. The maximum Gasteiger partial charge on any atom is 0.406 e. The SMILES string of the molecule is CC(C)N(CC(F)(F)F)C(=O)CCC(=O)OC(C)(C)C. The Bertz CT molecular complexity index is 346. The highest BCUT2D eigenvalue weighted by atomic mass is 19.4. The molecule has 4 nitrogen and oxygen atoms in total. The van der Waals surface area contributed by atoms with E-state index < -0.39 is 36.2 Å². The van der Waals surface area contributed by atoms with Crippen LogP contribution in [-0.4, -0.2) is 41.1 Å². The fraction of sp³-hybridized carbons (Fsp3) is 0.846. The second kappa shape index (κ2) is 6.95. The molecule has 0 saturated heterocycles. The van der Waals surface area contributed by atoms with E-state index in [1.165, 1.54) is 13.8 Å². The van der Waals surface area contributed by atoms with Gasteiger partial charge in [-0.25, -0.2) is 0 Å². The lowest BCUT2D eigenvalue weighted by molar-refractivity contribution is -0.166. The molecule has 0 aliphatic carbocycles. The van der Waals surface area contributed by atoms with Gasteiger partial charge in [0, 0.05) is 12.5 Å². The van der Waals surface area contributed by atoms with Gasteiger partial charge in [0.1, 0.15) is 12.1 Å². The van der Waals surface area contributed by atoms with E-state index in [2.05, 4.69) is 0 Å². The number of ether oxygens (including phenoxy) is 1. The summed E-state index contributed by atoms with van der Waals surface area (Å²) in [6.45, 7) is 6.72. The predicted octanol–water partition coefficient (Wildman–Crippen LogP) is 2.91. The van der Waals surface area contributed by atoms with Crippen LogP contribution in [0, 0.1) is 0 Å². The average molecular weight is 297 g/mol. The van der Waals surface area contributed by atoms with E-state index in [1.54, 1.807) is 20.8 Å². The number of halogens is 3. The Hall–Kier alpha value is -1.27. The number of hydrogen-bond acceptors (Lipinski definition) is 3. The monoisotopic (exact) mass is 297 g/mol. The molecule has 1 amide bonds. The molecule has 0 fully saturated rings. The summed E-state index contributed by atoms with van der Waals surface area (Å²) in [4.78, 5) is 23.9. The molecule has 0 aromatic carbocycles. The Morgan fingerprint density at radius 3 is 1.95 bits per heavy atom. The highest BCUT2D eigenvalue weighted by Gasteiger charge is 2.34. The summed E-state index contributed by atoms with van der Waals surface area (Å²) in [6, 6.07) is -0.581. The van der Waals surface area contributed by atoms with Crippen LogP contribution in [0.3, 0.4) is 0 Å². The summed E-state index contributed by atoms with van der Waals surface area (Å²) in [5.74, 6) is -1.30. The number of carbonyl (C=O) groups is 2. The molecule has 0 aliphatic rings. The lowest BCUT2D eigenvalue weighted by atomic mass is 10.2. The van der Waals surface area contributed by atoms with Crippen molar-refractivity contribution in [2.75, 3.05) is 6.54 Å². The molecule has 0 atom stereocenters. The molecular formula is C13H22F3NO3. The maximum absolute atomic E-state index is 12.4. The van der Waals surface area contributed by atoms with Gasteiger partial charge < -0.3 is 9.64 Å². The van der Waals surface area contributed by atoms with Crippen LogP contribution in [0.5, 0.6) is 0 Å². The van der Waals surface area contributed by atoms with E-state index in [-0.39, 0.29) is 12.8 Å². The molecule has 0 saturated carbocycles. The van der Waals surface area contributed by atoms with Crippen molar-refractivity contribution in [3.05, 3.63) is 0 Å². The molecule has 0 radical (unpaired) electrons. The third-order valence-corrected chi connectivity index (χ3v) is 2.26. The third-order valence-electron chi connectivity index (χ3n) is 2.26. The summed E-state index contributed by atoms with van der Waals surface area (Å²) in [7, 11) is 0. The Morgan fingerprint density at radius 2 is 1.60 bits per heavy atom. The number of esters is 1. The van der Waals surface area contributed by atoms with Crippen molar-refractivity contribution in [3.8, 4) is 0 Å². The minimum absolute atomic E-state index is 0.225. The normalized spacial score (nSPS) is 12.4. The number of amides is 1. The first-order chi connectivity index (χ1) is 8.82. The van der Waals surface area contributed by atoms with E-state index >= 15 is 0 Å². The van der Waals surface area contributed by atoms with Gasteiger partial charge in [-0.3, -0.25) is 9.59 Å². The van der Waals surface area contributed by atoms with Gasteiger partial charge in [0.2, 0.25) is 5.91 Å². The molecule has 0 rings (SSSR count). The first kappa shape index (κ1) is 18.7. The molecular weight excluding hydrogens is 275 g/mol. The van der Waals surface area contributed by atoms with E-state index in [4.69, 9.17) is 4.74 Å². The molecule has 0 aromatic rings. The molecule has 7 heteroatoms. The summed E-state index contributed by atoms with van der Waals surface area (Å²) in [6.07, 6.45) is -4.97. The van der Waals surface area contributed by atoms with Crippen molar-refractivity contribution in [3.63, 3.8) is 0 Å². The minimum Gasteiger partial charge on any atom is -0.460 e. The largest absolute Gasteiger partial charge is 0.460 e. The summed E-state index contributed by atoms with van der Waals surface area (Å²) in [5.41, 5.74) is -0.677. The van der Waals surface area contributed by atoms with Crippen molar-refractivity contribution in [1.82, 2.24) is 4.90 Å².